The standard InChI is InChI=1S/C10H30N5Si5/c1-11(2)16-12(3,4)18-14(7,8)20-15(9,10)19-13(5,6)17-11/h1-10H3/q+5. The van der Waals surface area contributed by atoms with Crippen LogP contribution in [0, 0.1) is 0 Å². The zero-order valence-electron chi connectivity index (χ0n) is 14.7. The first-order chi connectivity index (χ1) is 8.54. The predicted molar refractivity (Wildman–Crippen MR) is 89.3 cm³/mol. The van der Waals surface area contributed by atoms with Crippen LogP contribution in [0.5, 0.6) is 0 Å². The van der Waals surface area contributed by atoms with E-state index in [2.05, 4.69) is 70.5 Å². The molecule has 0 atom stereocenters. The summed E-state index contributed by atoms with van der Waals surface area (Å²) >= 11 is 0. The molecule has 0 aliphatic carbocycles. The fourth-order valence-electron chi connectivity index (χ4n) is 3.24. The van der Waals surface area contributed by atoms with Gasteiger partial charge in [-0.05, 0) is 0 Å². The molecule has 5 nitrogen and oxygen atoms in total. The van der Waals surface area contributed by atoms with E-state index in [-0.39, 0.29) is 0 Å². The average molecular weight is 361 g/mol. The first-order valence-electron chi connectivity index (χ1n) is 6.71. The zero-order valence-corrected chi connectivity index (χ0v) is 19.7. The van der Waals surface area contributed by atoms with Crippen molar-refractivity contribution in [3.8, 4) is 0 Å². The van der Waals surface area contributed by atoms with Crippen molar-refractivity contribution >= 4 is 49.2 Å². The smallest absolute Gasteiger partial charge is 0.332 e. The molecule has 1 heterocycles. The molecule has 0 bridgehead atoms. The maximum atomic E-state index is 2.41. The summed E-state index contributed by atoms with van der Waals surface area (Å²) in [5.41, 5.74) is 0. The lowest BCUT2D eigenvalue weighted by atomic mass is 11.2. The Morgan fingerprint density at radius 3 is 0.500 bits per heavy atom. The predicted octanol–water partition coefficient (Wildman–Crippen LogP) is -1.95. The van der Waals surface area contributed by atoms with Crippen molar-refractivity contribution in [1.82, 2.24) is 0 Å². The lowest BCUT2D eigenvalue weighted by Gasteiger charge is -2.41. The van der Waals surface area contributed by atoms with E-state index < -0.39 is 0 Å². The molecule has 1 fully saturated rings. The van der Waals surface area contributed by atoms with Gasteiger partial charge in [0, 0.05) is 70.5 Å². The first-order valence-corrected chi connectivity index (χ1v) is 11.2. The number of hydrogen-bond donors (Lipinski definition) is 0. The second kappa shape index (κ2) is 5.51. The SMILES string of the molecule is C[N+]1(C)[Si][N+](C)(C)[Si][N+](C)(C)[Si][N+](C)(C)[Si][N+](C)(C)[Si]1. The fraction of sp³-hybridized carbons (Fsp3) is 1.00. The minimum Gasteiger partial charge on any atom is -0.332 e. The fourth-order valence-corrected chi connectivity index (χ4v) is 19.4. The Hall–Kier alpha value is 0.884. The second-order valence-corrected chi connectivity index (χ2v) is 22.2. The molecule has 10 heteroatoms. The summed E-state index contributed by atoms with van der Waals surface area (Å²) in [7, 11) is 28.7. The molecule has 1 aliphatic heterocycles. The molecule has 0 unspecified atom stereocenters. The largest absolute Gasteiger partial charge is 0.729 e. The molecule has 20 heavy (non-hydrogen) atoms. The van der Waals surface area contributed by atoms with E-state index in [9.17, 15) is 0 Å². The van der Waals surface area contributed by atoms with Crippen LogP contribution in [0.2, 0.25) is 0 Å². The quantitative estimate of drug-likeness (QED) is 0.441. The van der Waals surface area contributed by atoms with Crippen molar-refractivity contribution in [2.24, 2.45) is 0 Å². The zero-order chi connectivity index (χ0) is 16.0. The molecule has 0 amide bonds. The van der Waals surface area contributed by atoms with E-state index in [1.165, 1.54) is 0 Å². The van der Waals surface area contributed by atoms with Gasteiger partial charge in [0.15, 0.2) is 0 Å². The summed E-state index contributed by atoms with van der Waals surface area (Å²) in [6.45, 7) is 0. The van der Waals surface area contributed by atoms with Crippen LogP contribution in [-0.4, -0.2) is 139 Å². The maximum Gasteiger partial charge on any atom is 0.729 e. The van der Waals surface area contributed by atoms with Gasteiger partial charge in [0.2, 0.25) is 0 Å². The van der Waals surface area contributed by atoms with Crippen LogP contribution in [0.3, 0.4) is 0 Å². The molecule has 10 radical (unpaired) electrons. The molecule has 1 rings (SSSR count). The van der Waals surface area contributed by atoms with Crippen molar-refractivity contribution in [3.05, 3.63) is 0 Å². The van der Waals surface area contributed by atoms with Crippen molar-refractivity contribution in [1.29, 1.82) is 0 Å². The third-order valence-electron chi connectivity index (χ3n) is 2.50. The van der Waals surface area contributed by atoms with Gasteiger partial charge in [0.25, 0.3) is 0 Å². The lowest BCUT2D eigenvalue weighted by Crippen LogP contribution is -2.78. The monoisotopic (exact) mass is 360 g/mol. The third kappa shape index (κ3) is 6.33. The van der Waals surface area contributed by atoms with E-state index in [4.69, 9.17) is 0 Å². The minimum atomic E-state index is 0.922. The molecule has 1 saturated heterocycles. The van der Waals surface area contributed by atoms with E-state index in [0.717, 1.165) is 68.3 Å². The van der Waals surface area contributed by atoms with Gasteiger partial charge in [0.1, 0.15) is 0 Å². The Morgan fingerprint density at radius 1 is 0.300 bits per heavy atom. The molecular formula is C10H30N5Si5+5. The van der Waals surface area contributed by atoms with E-state index in [0.29, 0.717) is 0 Å². The molecule has 0 aromatic carbocycles. The van der Waals surface area contributed by atoms with Gasteiger partial charge in [-0.3, -0.25) is 0 Å². The van der Waals surface area contributed by atoms with Crippen LogP contribution >= 0.6 is 0 Å². The highest BCUT2D eigenvalue weighted by Gasteiger charge is 2.61. The Bertz CT molecular complexity index is 268. The van der Waals surface area contributed by atoms with Crippen LogP contribution in [-0.2, 0) is 0 Å². The highest BCUT2D eigenvalue weighted by atomic mass is 28.4. The summed E-state index contributed by atoms with van der Waals surface area (Å²) in [4.78, 5) is 0. The molecule has 110 valence electrons. The Labute approximate surface area is 139 Å². The van der Waals surface area contributed by atoms with Crippen LogP contribution in [0.4, 0.5) is 0 Å². The van der Waals surface area contributed by atoms with E-state index in [1.54, 1.807) is 0 Å². The van der Waals surface area contributed by atoms with Crippen LogP contribution < -0.4 is 0 Å². The number of quaternary nitrogens is 5. The van der Waals surface area contributed by atoms with Gasteiger partial charge < -0.3 is 19.1 Å². The van der Waals surface area contributed by atoms with Crippen LogP contribution in [0.15, 0.2) is 0 Å². The summed E-state index contributed by atoms with van der Waals surface area (Å²) in [6, 6.07) is 0. The Balaban J connectivity index is 3.15. The maximum absolute atomic E-state index is 2.41. The Morgan fingerprint density at radius 2 is 0.400 bits per heavy atom. The van der Waals surface area contributed by atoms with Gasteiger partial charge >= 0.3 is 49.2 Å². The number of hydrogen-bond acceptors (Lipinski definition) is 0. The molecule has 0 saturated carbocycles. The summed E-state index contributed by atoms with van der Waals surface area (Å²) in [6.07, 6.45) is 0. The highest BCUT2D eigenvalue weighted by molar-refractivity contribution is 6.47. The van der Waals surface area contributed by atoms with Crippen molar-refractivity contribution in [3.63, 3.8) is 0 Å². The molecular weight excluding hydrogens is 331 g/mol. The van der Waals surface area contributed by atoms with E-state index >= 15 is 0 Å². The summed E-state index contributed by atoms with van der Waals surface area (Å²) < 4.78 is 5.71. The minimum absolute atomic E-state index is 0.922. The first kappa shape index (κ1) is 18.9. The third-order valence-corrected chi connectivity index (χ3v) is 10.5. The Kier molecular flexibility index (Phi) is 5.21. The summed E-state index contributed by atoms with van der Waals surface area (Å²) in [5.74, 6) is 0. The molecule has 0 spiro atoms. The van der Waals surface area contributed by atoms with Gasteiger partial charge in [-0.25, -0.2) is 0 Å². The van der Waals surface area contributed by atoms with Crippen molar-refractivity contribution in [2.45, 2.75) is 0 Å². The summed E-state index contributed by atoms with van der Waals surface area (Å²) in [5, 5.41) is 0. The van der Waals surface area contributed by atoms with Crippen molar-refractivity contribution < 1.29 is 19.1 Å². The van der Waals surface area contributed by atoms with Gasteiger partial charge in [-0.1, -0.05) is 0 Å². The number of nitrogens with zero attached hydrogens (tertiary/aromatic N) is 5. The molecule has 0 aromatic rings. The van der Waals surface area contributed by atoms with Gasteiger partial charge in [0.05, 0.1) is 0 Å². The average Bonchev–Trinajstić information content (AvgIpc) is 1.84. The second-order valence-electron chi connectivity index (χ2n) is 7.77. The molecule has 0 N–H and O–H groups in total. The normalized spacial score (nSPS) is 31.5. The topological polar surface area (TPSA) is 0 Å². The van der Waals surface area contributed by atoms with E-state index in [1.807, 2.05) is 0 Å². The molecule has 0 aromatic heterocycles. The van der Waals surface area contributed by atoms with Crippen LogP contribution in [0.1, 0.15) is 0 Å². The van der Waals surface area contributed by atoms with Gasteiger partial charge in [-0.2, -0.15) is 0 Å². The lowest BCUT2D eigenvalue weighted by molar-refractivity contribution is -0.890. The highest BCUT2D eigenvalue weighted by Crippen LogP contribution is 2.13. The van der Waals surface area contributed by atoms with Crippen LogP contribution in [0.25, 0.3) is 0 Å². The number of rotatable bonds is 0. The van der Waals surface area contributed by atoms with Crippen molar-refractivity contribution in [2.75, 3.05) is 70.5 Å². The van der Waals surface area contributed by atoms with Gasteiger partial charge in [-0.15, -0.1) is 0 Å². The molecule has 1 aliphatic rings.